The Hall–Kier alpha value is -2.73. The van der Waals surface area contributed by atoms with E-state index < -0.39 is 6.10 Å². The van der Waals surface area contributed by atoms with Crippen molar-refractivity contribution < 1.29 is 28.1 Å². The molecule has 2 saturated heterocycles. The smallest absolute Gasteiger partial charge is 0.344 e. The van der Waals surface area contributed by atoms with Gasteiger partial charge >= 0.3 is 5.97 Å². The van der Waals surface area contributed by atoms with E-state index in [2.05, 4.69) is 21.6 Å². The molecule has 0 spiro atoms. The predicted octanol–water partition coefficient (Wildman–Crippen LogP) is 4.13. The Morgan fingerprint density at radius 2 is 2.14 bits per heavy atom. The summed E-state index contributed by atoms with van der Waals surface area (Å²) >= 11 is 7.59. The maximum absolute atomic E-state index is 14.8. The average molecular weight is 631 g/mol. The van der Waals surface area contributed by atoms with Gasteiger partial charge in [-0.3, -0.25) is 9.89 Å². The number of carbonyl (C=O) groups excluding carboxylic acids is 1. The SMILES string of the molecule is COC(=O)C1=CC2C(N=C(CN3CCN(c4cccc5c4OC(C4=CCC(Cl)C=C4F)CO5)CC3C)N2CC2CCO2)S1. The van der Waals surface area contributed by atoms with Crippen LogP contribution in [0.1, 0.15) is 19.8 Å². The molecule has 0 radical (unpaired) electrons. The van der Waals surface area contributed by atoms with E-state index >= 15 is 0 Å². The number of halogens is 2. The third-order valence-corrected chi connectivity index (χ3v) is 10.5. The molecule has 0 saturated carbocycles. The number of nitrogens with zero attached hydrogens (tertiary/aromatic N) is 4. The van der Waals surface area contributed by atoms with E-state index in [1.54, 1.807) is 0 Å². The highest BCUT2D eigenvalue weighted by Crippen LogP contribution is 2.44. The second-order valence-corrected chi connectivity index (χ2v) is 13.4. The molecule has 0 bridgehead atoms. The molecule has 1 aromatic carbocycles. The fourth-order valence-corrected chi connectivity index (χ4v) is 7.89. The number of anilines is 1. The van der Waals surface area contributed by atoms with Gasteiger partial charge in [-0.2, -0.15) is 0 Å². The Morgan fingerprint density at radius 1 is 1.28 bits per heavy atom. The second-order valence-electron chi connectivity index (χ2n) is 11.7. The molecule has 1 aliphatic carbocycles. The third kappa shape index (κ3) is 5.65. The molecule has 9 nitrogen and oxygen atoms in total. The zero-order valence-corrected chi connectivity index (χ0v) is 25.9. The number of hydrogen-bond acceptors (Lipinski definition) is 10. The molecule has 1 aromatic rings. The zero-order chi connectivity index (χ0) is 29.7. The minimum Gasteiger partial charge on any atom is -0.485 e. The predicted molar refractivity (Wildman–Crippen MR) is 165 cm³/mol. The molecular formula is C31H36ClFN4O5S. The number of methoxy groups -OCH3 is 1. The molecule has 6 atom stereocenters. The summed E-state index contributed by atoms with van der Waals surface area (Å²) < 4.78 is 38.0. The number of amidine groups is 1. The third-order valence-electron chi connectivity index (χ3n) is 8.98. The van der Waals surface area contributed by atoms with E-state index in [1.807, 2.05) is 30.4 Å². The highest BCUT2D eigenvalue weighted by atomic mass is 35.5. The number of esters is 1. The summed E-state index contributed by atoms with van der Waals surface area (Å²) in [5, 5.41) is -0.383. The Balaban J connectivity index is 1.03. The normalized spacial score (nSPS) is 31.9. The van der Waals surface area contributed by atoms with Gasteiger partial charge < -0.3 is 28.7 Å². The molecule has 5 aliphatic heterocycles. The molecule has 12 heteroatoms. The first-order chi connectivity index (χ1) is 20.9. The fraction of sp³-hybridized carbons (Fsp3) is 0.548. The Morgan fingerprint density at radius 3 is 2.88 bits per heavy atom. The summed E-state index contributed by atoms with van der Waals surface area (Å²) in [7, 11) is 1.41. The first kappa shape index (κ1) is 29.0. The summed E-state index contributed by atoms with van der Waals surface area (Å²) in [4.78, 5) is 25.0. The van der Waals surface area contributed by atoms with Gasteiger partial charge in [0.05, 0.1) is 41.8 Å². The van der Waals surface area contributed by atoms with Crippen molar-refractivity contribution in [3.8, 4) is 11.5 Å². The van der Waals surface area contributed by atoms with Gasteiger partial charge in [0.15, 0.2) is 17.6 Å². The minimum atomic E-state index is -0.523. The van der Waals surface area contributed by atoms with Crippen molar-refractivity contribution in [2.45, 2.75) is 54.8 Å². The van der Waals surface area contributed by atoms with Gasteiger partial charge in [-0.25, -0.2) is 9.18 Å². The number of aliphatic imine (C=N–C) groups is 1. The number of alkyl halides is 1. The van der Waals surface area contributed by atoms with E-state index in [0.717, 1.165) is 57.3 Å². The van der Waals surface area contributed by atoms with Gasteiger partial charge in [0, 0.05) is 44.4 Å². The van der Waals surface area contributed by atoms with Gasteiger partial charge in [-0.15, -0.1) is 11.6 Å². The number of piperazine rings is 1. The van der Waals surface area contributed by atoms with Crippen molar-refractivity contribution in [1.29, 1.82) is 0 Å². The molecule has 0 amide bonds. The average Bonchev–Trinajstić information content (AvgIpc) is 3.53. The van der Waals surface area contributed by atoms with Crippen LogP contribution in [0.3, 0.4) is 0 Å². The summed E-state index contributed by atoms with van der Waals surface area (Å²) in [6.45, 7) is 7.21. The highest BCUT2D eigenvalue weighted by molar-refractivity contribution is 8.04. The molecular weight excluding hydrogens is 595 g/mol. The maximum atomic E-state index is 14.8. The van der Waals surface area contributed by atoms with Crippen LogP contribution >= 0.6 is 23.4 Å². The Kier molecular flexibility index (Phi) is 8.09. The van der Waals surface area contributed by atoms with Crippen LogP contribution in [-0.2, 0) is 14.3 Å². The van der Waals surface area contributed by atoms with Crippen LogP contribution < -0.4 is 14.4 Å². The van der Waals surface area contributed by atoms with Crippen LogP contribution in [0.5, 0.6) is 11.5 Å². The summed E-state index contributed by atoms with van der Waals surface area (Å²) in [6.07, 6.45) is 6.54. The molecule has 5 heterocycles. The van der Waals surface area contributed by atoms with E-state index in [-0.39, 0.29) is 47.3 Å². The highest BCUT2D eigenvalue weighted by Gasteiger charge is 2.44. The molecule has 0 N–H and O–H groups in total. The number of carbonyl (C=O) groups is 1. The number of benzene rings is 1. The summed E-state index contributed by atoms with van der Waals surface area (Å²) in [5.74, 6) is 1.74. The van der Waals surface area contributed by atoms with Gasteiger partial charge in [-0.05, 0) is 44.1 Å². The van der Waals surface area contributed by atoms with Crippen molar-refractivity contribution >= 4 is 40.9 Å². The number of thioether (sulfide) groups is 1. The van der Waals surface area contributed by atoms with Crippen molar-refractivity contribution in [3.63, 3.8) is 0 Å². The summed E-state index contributed by atoms with van der Waals surface area (Å²) in [6, 6.07) is 6.20. The molecule has 230 valence electrons. The van der Waals surface area contributed by atoms with E-state index in [4.69, 9.17) is 35.5 Å². The molecule has 6 unspecified atom stereocenters. The number of allylic oxidation sites excluding steroid dienone is 2. The first-order valence-electron chi connectivity index (χ1n) is 14.9. The number of hydrogen-bond donors (Lipinski definition) is 0. The molecule has 7 rings (SSSR count). The van der Waals surface area contributed by atoms with Crippen LogP contribution in [0.2, 0.25) is 0 Å². The van der Waals surface area contributed by atoms with Crippen LogP contribution in [0.25, 0.3) is 0 Å². The fourth-order valence-electron chi connectivity index (χ4n) is 6.50. The van der Waals surface area contributed by atoms with E-state index in [9.17, 15) is 9.18 Å². The van der Waals surface area contributed by atoms with Crippen LogP contribution in [0.4, 0.5) is 10.1 Å². The lowest BCUT2D eigenvalue weighted by Crippen LogP contribution is -2.55. The number of rotatable bonds is 7. The van der Waals surface area contributed by atoms with Crippen molar-refractivity contribution in [1.82, 2.24) is 9.80 Å². The van der Waals surface area contributed by atoms with Gasteiger partial charge in [0.1, 0.15) is 23.6 Å². The quantitative estimate of drug-likeness (QED) is 0.327. The monoisotopic (exact) mass is 630 g/mol. The zero-order valence-electron chi connectivity index (χ0n) is 24.3. The standard InChI is InChI=1S/C31H36ClFN4O5S/c1-18-14-36(23-4-3-5-25-29(23)42-26(17-41-25)21-7-6-19(32)12-22(21)33)10-9-35(18)16-28-34-30-24(13-27(43-30)31(38)39-2)37(28)15-20-8-11-40-20/h3-5,7,12-13,18-20,24,26,30H,6,8-11,14-17H2,1-2H3. The number of fused-ring (bicyclic) bond motifs is 2. The van der Waals surface area contributed by atoms with Crippen LogP contribution in [-0.4, -0.2) is 110 Å². The second kappa shape index (κ2) is 12.0. The summed E-state index contributed by atoms with van der Waals surface area (Å²) in [5.41, 5.74) is 1.46. The molecule has 0 aromatic heterocycles. The molecule has 6 aliphatic rings. The van der Waals surface area contributed by atoms with Crippen molar-refractivity contribution in [3.05, 3.63) is 52.7 Å². The lowest BCUT2D eigenvalue weighted by Gasteiger charge is -2.43. The molecule has 43 heavy (non-hydrogen) atoms. The van der Waals surface area contributed by atoms with Gasteiger partial charge in [-0.1, -0.05) is 23.9 Å². The van der Waals surface area contributed by atoms with Crippen LogP contribution in [0.15, 0.2) is 57.7 Å². The lowest BCUT2D eigenvalue weighted by atomic mass is 10.00. The first-order valence-corrected chi connectivity index (χ1v) is 16.2. The maximum Gasteiger partial charge on any atom is 0.344 e. The number of ether oxygens (including phenoxy) is 4. The topological polar surface area (TPSA) is 76.1 Å². The minimum absolute atomic E-state index is 0.0325. The molecule has 2 fully saturated rings. The number of para-hydroxylation sites is 1. The van der Waals surface area contributed by atoms with Gasteiger partial charge in [0.25, 0.3) is 0 Å². The Labute approximate surface area is 260 Å². The largest absolute Gasteiger partial charge is 0.485 e. The lowest BCUT2D eigenvalue weighted by molar-refractivity contribution is -0.135. The van der Waals surface area contributed by atoms with E-state index in [1.165, 1.54) is 24.9 Å². The van der Waals surface area contributed by atoms with Gasteiger partial charge in [0.2, 0.25) is 0 Å². The van der Waals surface area contributed by atoms with Crippen molar-refractivity contribution in [2.75, 3.05) is 57.9 Å². The van der Waals surface area contributed by atoms with E-state index in [0.29, 0.717) is 28.4 Å². The van der Waals surface area contributed by atoms with Crippen LogP contribution in [0, 0.1) is 0 Å². The van der Waals surface area contributed by atoms with Crippen molar-refractivity contribution in [2.24, 2.45) is 4.99 Å². The Bertz CT molecular complexity index is 1400.